The van der Waals surface area contributed by atoms with Crippen LogP contribution in [0.1, 0.15) is 15.9 Å². The Morgan fingerprint density at radius 3 is 2.64 bits per heavy atom. The Morgan fingerprint density at radius 1 is 1.21 bits per heavy atom. The minimum Gasteiger partial charge on any atom is -0.382 e. The largest absolute Gasteiger partial charge is 0.382 e. The molecule has 0 unspecified atom stereocenters. The summed E-state index contributed by atoms with van der Waals surface area (Å²) in [7, 11) is 0. The van der Waals surface area contributed by atoms with Gasteiger partial charge in [0.2, 0.25) is 0 Å². The molecule has 1 heterocycles. The molecule has 0 spiro atoms. The van der Waals surface area contributed by atoms with Crippen LogP contribution >= 0.6 is 23.4 Å². The smallest absolute Gasteiger partial charge is 0.277 e. The van der Waals surface area contributed by atoms with Crippen LogP contribution in [0.5, 0.6) is 0 Å². The Morgan fingerprint density at radius 2 is 1.96 bits per heavy atom. The van der Waals surface area contributed by atoms with E-state index in [0.717, 1.165) is 23.8 Å². The first kappa shape index (κ1) is 19.8. The maximum atomic E-state index is 13.3. The van der Waals surface area contributed by atoms with Gasteiger partial charge in [0.1, 0.15) is 5.69 Å². The van der Waals surface area contributed by atoms with E-state index in [1.807, 2.05) is 12.1 Å². The third kappa shape index (κ3) is 4.49. The average Bonchev–Trinajstić information content (AvgIpc) is 2.66. The van der Waals surface area contributed by atoms with Gasteiger partial charge in [0.25, 0.3) is 11.5 Å². The van der Waals surface area contributed by atoms with E-state index in [0.29, 0.717) is 10.8 Å². The number of aromatic amines is 1. The molecule has 0 saturated heterocycles. The highest BCUT2D eigenvalue weighted by Gasteiger charge is 2.16. The van der Waals surface area contributed by atoms with E-state index in [1.54, 1.807) is 12.1 Å². The number of rotatable bonds is 5. The predicted octanol–water partition coefficient (Wildman–Crippen LogP) is 3.83. The highest BCUT2D eigenvalue weighted by Crippen LogP contribution is 2.25. The van der Waals surface area contributed by atoms with Crippen molar-refractivity contribution in [2.24, 2.45) is 0 Å². The van der Waals surface area contributed by atoms with Gasteiger partial charge < -0.3 is 11.1 Å². The lowest BCUT2D eigenvalue weighted by Crippen LogP contribution is -2.23. The molecule has 10 heteroatoms. The van der Waals surface area contributed by atoms with Gasteiger partial charge in [-0.2, -0.15) is 0 Å². The fourth-order valence-corrected chi connectivity index (χ4v) is 3.40. The van der Waals surface area contributed by atoms with Gasteiger partial charge >= 0.3 is 0 Å². The van der Waals surface area contributed by atoms with Crippen LogP contribution in [0, 0.1) is 11.6 Å². The molecule has 28 heavy (non-hydrogen) atoms. The number of hydrogen-bond acceptors (Lipinski definition) is 5. The quantitative estimate of drug-likeness (QED) is 0.428. The Labute approximate surface area is 167 Å². The third-order valence-electron chi connectivity index (χ3n) is 3.67. The summed E-state index contributed by atoms with van der Waals surface area (Å²) in [5, 5.41) is 3.09. The van der Waals surface area contributed by atoms with E-state index < -0.39 is 23.1 Å². The number of H-pyrrole nitrogens is 1. The second-order valence-electron chi connectivity index (χ2n) is 5.59. The average molecular weight is 423 g/mol. The summed E-state index contributed by atoms with van der Waals surface area (Å²) in [6.07, 6.45) is 0. The van der Waals surface area contributed by atoms with Crippen LogP contribution in [0.3, 0.4) is 0 Å². The third-order valence-corrected chi connectivity index (χ3v) is 4.96. The summed E-state index contributed by atoms with van der Waals surface area (Å²) >= 11 is 7.30. The highest BCUT2D eigenvalue weighted by atomic mass is 35.5. The summed E-state index contributed by atoms with van der Waals surface area (Å²) in [6, 6.07) is 9.84. The predicted molar refractivity (Wildman–Crippen MR) is 105 cm³/mol. The van der Waals surface area contributed by atoms with Crippen LogP contribution in [0.4, 0.5) is 20.3 Å². The van der Waals surface area contributed by atoms with E-state index in [1.165, 1.54) is 11.8 Å². The lowest BCUT2D eigenvalue weighted by atomic mass is 10.2. The van der Waals surface area contributed by atoms with Gasteiger partial charge in [-0.1, -0.05) is 41.6 Å². The number of nitrogens with zero attached hydrogens (tertiary/aromatic N) is 1. The Balaban J connectivity index is 1.76. The number of hydrogen-bond donors (Lipinski definition) is 3. The number of anilines is 2. The number of amides is 1. The number of carbonyl (C=O) groups is 1. The van der Waals surface area contributed by atoms with Gasteiger partial charge in [-0.05, 0) is 29.8 Å². The van der Waals surface area contributed by atoms with E-state index in [-0.39, 0.29) is 22.2 Å². The Hall–Kier alpha value is -2.91. The molecule has 144 valence electrons. The minimum absolute atomic E-state index is 0.171. The fourth-order valence-electron chi connectivity index (χ4n) is 2.24. The second-order valence-corrected chi connectivity index (χ2v) is 6.97. The van der Waals surface area contributed by atoms with Crippen molar-refractivity contribution >= 4 is 40.8 Å². The number of nitrogens with two attached hydrogens (primary N) is 1. The van der Waals surface area contributed by atoms with Crippen LogP contribution in [-0.2, 0) is 5.75 Å². The number of nitrogen functional groups attached to an aromatic ring is 1. The minimum atomic E-state index is -1.18. The first-order valence-corrected chi connectivity index (χ1v) is 9.24. The maximum absolute atomic E-state index is 13.3. The SMILES string of the molecule is Nc1nc(SCc2ccccc2Cl)[nH]c(=O)c1NC(=O)c1ccc(F)c(F)c1. The number of aromatic nitrogens is 2. The van der Waals surface area contributed by atoms with Crippen molar-refractivity contribution in [2.45, 2.75) is 10.9 Å². The fraction of sp³-hybridized carbons (Fsp3) is 0.0556. The van der Waals surface area contributed by atoms with Crippen LogP contribution in [-0.4, -0.2) is 15.9 Å². The molecule has 3 aromatic rings. The van der Waals surface area contributed by atoms with Crippen molar-refractivity contribution in [1.82, 2.24) is 9.97 Å². The summed E-state index contributed by atoms with van der Waals surface area (Å²) in [4.78, 5) is 31.0. The van der Waals surface area contributed by atoms with Gasteiger partial charge in [-0.25, -0.2) is 13.8 Å². The number of nitrogens with one attached hydrogen (secondary N) is 2. The zero-order valence-electron chi connectivity index (χ0n) is 14.1. The monoisotopic (exact) mass is 422 g/mol. The lowest BCUT2D eigenvalue weighted by Gasteiger charge is -2.09. The molecular weight excluding hydrogens is 410 g/mol. The van der Waals surface area contributed by atoms with Crippen LogP contribution in [0.25, 0.3) is 0 Å². The van der Waals surface area contributed by atoms with Gasteiger partial charge in [-0.15, -0.1) is 0 Å². The summed E-state index contributed by atoms with van der Waals surface area (Å²) < 4.78 is 26.3. The zero-order chi connectivity index (χ0) is 20.3. The molecule has 4 N–H and O–H groups in total. The molecule has 6 nitrogen and oxygen atoms in total. The number of carbonyl (C=O) groups excluding carboxylic acids is 1. The normalized spacial score (nSPS) is 10.7. The molecule has 1 amide bonds. The topological polar surface area (TPSA) is 101 Å². The zero-order valence-corrected chi connectivity index (χ0v) is 15.7. The van der Waals surface area contributed by atoms with E-state index in [4.69, 9.17) is 17.3 Å². The molecule has 0 aliphatic heterocycles. The standard InChI is InChI=1S/C18H13ClF2N4O2S/c19-11-4-2-1-3-10(11)8-28-18-24-15(22)14(17(27)25-18)23-16(26)9-5-6-12(20)13(21)7-9/h1-7H,8H2,(H,23,26)(H3,22,24,25,27). The molecule has 0 radical (unpaired) electrons. The summed E-state index contributed by atoms with van der Waals surface area (Å²) in [5.41, 5.74) is 5.51. The van der Waals surface area contributed by atoms with Gasteiger partial charge in [0.15, 0.2) is 22.6 Å². The number of benzene rings is 2. The Kier molecular flexibility index (Phi) is 5.96. The first-order chi connectivity index (χ1) is 13.3. The van der Waals surface area contributed by atoms with Crippen LogP contribution in [0.2, 0.25) is 5.02 Å². The Bertz CT molecular complexity index is 1110. The molecule has 0 aliphatic rings. The number of halogens is 3. The van der Waals surface area contributed by atoms with E-state index in [9.17, 15) is 18.4 Å². The molecule has 0 aliphatic carbocycles. The molecule has 0 saturated carbocycles. The van der Waals surface area contributed by atoms with Crippen molar-refractivity contribution in [3.63, 3.8) is 0 Å². The lowest BCUT2D eigenvalue weighted by molar-refractivity contribution is 0.102. The van der Waals surface area contributed by atoms with Crippen molar-refractivity contribution < 1.29 is 13.6 Å². The molecule has 3 rings (SSSR count). The summed E-state index contributed by atoms with van der Waals surface area (Å²) in [6.45, 7) is 0. The van der Waals surface area contributed by atoms with E-state index >= 15 is 0 Å². The van der Waals surface area contributed by atoms with Crippen molar-refractivity contribution in [2.75, 3.05) is 11.1 Å². The van der Waals surface area contributed by atoms with Gasteiger partial charge in [-0.3, -0.25) is 14.6 Å². The van der Waals surface area contributed by atoms with Crippen molar-refractivity contribution in [1.29, 1.82) is 0 Å². The second kappa shape index (κ2) is 8.41. The van der Waals surface area contributed by atoms with Crippen molar-refractivity contribution in [3.8, 4) is 0 Å². The molecule has 1 aromatic heterocycles. The molecular formula is C18H13ClF2N4O2S. The molecule has 0 atom stereocenters. The van der Waals surface area contributed by atoms with Crippen molar-refractivity contribution in [3.05, 3.63) is 80.6 Å². The first-order valence-electron chi connectivity index (χ1n) is 7.87. The summed E-state index contributed by atoms with van der Waals surface area (Å²) in [5.74, 6) is -2.85. The number of thioether (sulfide) groups is 1. The highest BCUT2D eigenvalue weighted by molar-refractivity contribution is 7.98. The maximum Gasteiger partial charge on any atom is 0.277 e. The van der Waals surface area contributed by atoms with E-state index in [2.05, 4.69) is 15.3 Å². The van der Waals surface area contributed by atoms with Crippen LogP contribution in [0.15, 0.2) is 52.4 Å². The molecule has 0 bridgehead atoms. The molecule has 2 aromatic carbocycles. The van der Waals surface area contributed by atoms with Gasteiger partial charge in [0, 0.05) is 16.3 Å². The van der Waals surface area contributed by atoms with Gasteiger partial charge in [0.05, 0.1) is 0 Å². The van der Waals surface area contributed by atoms with Crippen LogP contribution < -0.4 is 16.6 Å². The molecule has 0 fully saturated rings.